The summed E-state index contributed by atoms with van der Waals surface area (Å²) < 4.78 is 4.69. The molecule has 5 N–H and O–H groups in total. The molecule has 7 heteroatoms. The average molecular weight is 207 g/mol. The number of nitrogens with two attached hydrogens (primary N) is 2. The molecule has 0 saturated heterocycles. The first-order chi connectivity index (χ1) is 5.66. The van der Waals surface area contributed by atoms with E-state index < -0.39 is 5.97 Å². The van der Waals surface area contributed by atoms with Crippen molar-refractivity contribution in [2.24, 2.45) is 0 Å². The molecule has 0 saturated carbocycles. The van der Waals surface area contributed by atoms with E-state index in [1.54, 1.807) is 6.92 Å². The first-order valence-corrected chi connectivity index (χ1v) is 3.43. The topological polar surface area (TPSA) is 107 Å². The van der Waals surface area contributed by atoms with Crippen molar-refractivity contribution >= 4 is 30.0 Å². The number of nitrogen functional groups attached to an aromatic ring is 2. The van der Waals surface area contributed by atoms with Gasteiger partial charge in [-0.05, 0) is 6.92 Å². The van der Waals surface area contributed by atoms with Crippen LogP contribution in [0, 0.1) is 0 Å². The Morgan fingerprint density at radius 1 is 1.62 bits per heavy atom. The number of carbonyl (C=O) groups is 1. The minimum Gasteiger partial charge on any atom is -0.462 e. The Morgan fingerprint density at radius 2 is 2.23 bits per heavy atom. The monoisotopic (exact) mass is 206 g/mol. The summed E-state index contributed by atoms with van der Waals surface area (Å²) in [6.07, 6.45) is 0. The summed E-state index contributed by atoms with van der Waals surface area (Å²) in [7, 11) is 0. The highest BCUT2D eigenvalue weighted by Crippen LogP contribution is 2.15. The number of anilines is 2. The van der Waals surface area contributed by atoms with Gasteiger partial charge >= 0.3 is 5.97 Å². The largest absolute Gasteiger partial charge is 0.462 e. The van der Waals surface area contributed by atoms with Gasteiger partial charge in [0, 0.05) is 0 Å². The maximum atomic E-state index is 11.1. The van der Waals surface area contributed by atoms with E-state index in [9.17, 15) is 4.79 Å². The Bertz CT molecular complexity index is 279. The molecule has 1 rings (SSSR count). The summed E-state index contributed by atoms with van der Waals surface area (Å²) in [6.45, 7) is 1.98. The van der Waals surface area contributed by atoms with E-state index in [4.69, 9.17) is 11.5 Å². The molecule has 0 aliphatic carbocycles. The number of nitrogens with one attached hydrogen (secondary N) is 1. The summed E-state index contributed by atoms with van der Waals surface area (Å²) >= 11 is 0. The molecule has 0 bridgehead atoms. The molecule has 74 valence electrons. The first-order valence-electron chi connectivity index (χ1n) is 3.43. The van der Waals surface area contributed by atoms with Crippen molar-refractivity contribution in [3.8, 4) is 0 Å². The molecule has 0 aliphatic heterocycles. The molecule has 0 unspecified atom stereocenters. The highest BCUT2D eigenvalue weighted by molar-refractivity contribution is 5.98. The Labute approximate surface area is 81.0 Å². The van der Waals surface area contributed by atoms with Crippen molar-refractivity contribution in [3.05, 3.63) is 5.56 Å². The van der Waals surface area contributed by atoms with E-state index in [0.717, 1.165) is 0 Å². The number of hydrogen-bond acceptors (Lipinski definition) is 5. The normalized spacial score (nSPS) is 9.00. The molecule has 0 aromatic carbocycles. The third-order valence-electron chi connectivity index (χ3n) is 1.30. The van der Waals surface area contributed by atoms with Gasteiger partial charge in [-0.25, -0.2) is 4.79 Å². The number of carbonyl (C=O) groups excluding carboxylic acids is 1. The fraction of sp³-hybridized carbons (Fsp3) is 0.333. The predicted molar refractivity (Wildman–Crippen MR) is 50.6 cm³/mol. The molecule has 6 nitrogen and oxygen atoms in total. The molecule has 0 atom stereocenters. The number of aromatic nitrogens is 2. The van der Waals surface area contributed by atoms with Crippen molar-refractivity contribution in [2.75, 3.05) is 18.1 Å². The number of esters is 1. The van der Waals surface area contributed by atoms with Crippen molar-refractivity contribution < 1.29 is 9.53 Å². The van der Waals surface area contributed by atoms with Crippen molar-refractivity contribution in [1.29, 1.82) is 0 Å². The number of aromatic amines is 1. The van der Waals surface area contributed by atoms with Crippen LogP contribution in [0.1, 0.15) is 17.3 Å². The molecule has 0 aliphatic rings. The van der Waals surface area contributed by atoms with Crippen LogP contribution in [0.5, 0.6) is 0 Å². The average Bonchev–Trinajstić information content (AvgIpc) is 2.32. The standard InChI is InChI=1S/C6H10N4O2.ClH/c1-2-12-6(11)3-4(7)9-10-5(3)8;/h2H2,1H3,(H5,7,8,9,10);1H. The van der Waals surface area contributed by atoms with Crippen molar-refractivity contribution in [3.63, 3.8) is 0 Å². The molecular formula is C6H11ClN4O2. The van der Waals surface area contributed by atoms with Gasteiger partial charge in [0.25, 0.3) is 0 Å². The molecule has 0 fully saturated rings. The summed E-state index contributed by atoms with van der Waals surface area (Å²) in [5.41, 5.74) is 10.8. The second-order valence-corrected chi connectivity index (χ2v) is 2.12. The van der Waals surface area contributed by atoms with Crippen LogP contribution in [0.25, 0.3) is 0 Å². The maximum absolute atomic E-state index is 11.1. The molecule has 0 amide bonds. The zero-order valence-electron chi connectivity index (χ0n) is 7.03. The van der Waals surface area contributed by atoms with Crippen LogP contribution in [0.3, 0.4) is 0 Å². The Morgan fingerprint density at radius 3 is 2.62 bits per heavy atom. The maximum Gasteiger partial charge on any atom is 0.345 e. The van der Waals surface area contributed by atoms with Gasteiger partial charge in [0.2, 0.25) is 0 Å². The van der Waals surface area contributed by atoms with Crippen LogP contribution in [0.4, 0.5) is 11.6 Å². The van der Waals surface area contributed by atoms with Crippen LogP contribution >= 0.6 is 12.4 Å². The van der Waals surface area contributed by atoms with Gasteiger partial charge in [-0.1, -0.05) is 0 Å². The predicted octanol–water partition coefficient (Wildman–Crippen LogP) is 0.173. The third-order valence-corrected chi connectivity index (χ3v) is 1.30. The lowest BCUT2D eigenvalue weighted by Crippen LogP contribution is -2.08. The highest BCUT2D eigenvalue weighted by atomic mass is 35.5. The molecule has 0 spiro atoms. The van der Waals surface area contributed by atoms with E-state index in [0.29, 0.717) is 0 Å². The molecule has 1 aromatic rings. The summed E-state index contributed by atoms with van der Waals surface area (Å²) in [5.74, 6) is -0.363. The Kier molecular flexibility index (Phi) is 4.06. The lowest BCUT2D eigenvalue weighted by molar-refractivity contribution is 0.0529. The van der Waals surface area contributed by atoms with Crippen LogP contribution < -0.4 is 11.5 Å². The number of hydrogen-bond donors (Lipinski definition) is 3. The zero-order chi connectivity index (χ0) is 9.14. The van der Waals surface area contributed by atoms with Gasteiger partial charge in [0.05, 0.1) is 6.61 Å². The first kappa shape index (κ1) is 11.6. The van der Waals surface area contributed by atoms with E-state index in [2.05, 4.69) is 14.9 Å². The van der Waals surface area contributed by atoms with Crippen LogP contribution in [-0.4, -0.2) is 22.8 Å². The highest BCUT2D eigenvalue weighted by Gasteiger charge is 2.17. The summed E-state index contributed by atoms with van der Waals surface area (Å²) in [5, 5.41) is 5.92. The lowest BCUT2D eigenvalue weighted by Gasteiger charge is -1.99. The molecule has 13 heavy (non-hydrogen) atoms. The fourth-order valence-corrected chi connectivity index (χ4v) is 0.788. The van der Waals surface area contributed by atoms with Crippen LogP contribution in [0.2, 0.25) is 0 Å². The van der Waals surface area contributed by atoms with Gasteiger partial charge in [-0.2, -0.15) is 5.10 Å². The van der Waals surface area contributed by atoms with E-state index in [-0.39, 0.29) is 36.2 Å². The van der Waals surface area contributed by atoms with Gasteiger partial charge in [0.15, 0.2) is 5.82 Å². The molecule has 0 radical (unpaired) electrons. The Balaban J connectivity index is 0.00000144. The number of rotatable bonds is 2. The van der Waals surface area contributed by atoms with Gasteiger partial charge in [-0.15, -0.1) is 12.4 Å². The van der Waals surface area contributed by atoms with E-state index >= 15 is 0 Å². The Hall–Kier alpha value is -1.43. The lowest BCUT2D eigenvalue weighted by atomic mass is 10.3. The fourth-order valence-electron chi connectivity index (χ4n) is 0.788. The minimum atomic E-state index is -0.554. The second kappa shape index (κ2) is 4.56. The molecule has 1 aromatic heterocycles. The van der Waals surface area contributed by atoms with E-state index in [1.807, 2.05) is 0 Å². The SMILES string of the molecule is CCOC(=O)c1c(N)n[nH]c1N.Cl. The van der Waals surface area contributed by atoms with Crippen molar-refractivity contribution in [1.82, 2.24) is 10.2 Å². The molecule has 1 heterocycles. The summed E-state index contributed by atoms with van der Waals surface area (Å²) in [4.78, 5) is 11.1. The van der Waals surface area contributed by atoms with Crippen LogP contribution in [-0.2, 0) is 4.74 Å². The van der Waals surface area contributed by atoms with Crippen LogP contribution in [0.15, 0.2) is 0 Å². The number of ether oxygens (including phenoxy) is 1. The third kappa shape index (κ3) is 2.25. The zero-order valence-corrected chi connectivity index (χ0v) is 7.85. The number of nitrogens with zero attached hydrogens (tertiary/aromatic N) is 1. The minimum absolute atomic E-state index is 0. The number of halogens is 1. The number of H-pyrrole nitrogens is 1. The van der Waals surface area contributed by atoms with Gasteiger partial charge < -0.3 is 16.2 Å². The van der Waals surface area contributed by atoms with Crippen molar-refractivity contribution in [2.45, 2.75) is 6.92 Å². The van der Waals surface area contributed by atoms with Gasteiger partial charge in [-0.3, -0.25) is 5.10 Å². The second-order valence-electron chi connectivity index (χ2n) is 2.12. The molecular weight excluding hydrogens is 196 g/mol. The quantitative estimate of drug-likeness (QED) is 0.598. The smallest absolute Gasteiger partial charge is 0.345 e. The van der Waals surface area contributed by atoms with Gasteiger partial charge in [0.1, 0.15) is 11.4 Å². The van der Waals surface area contributed by atoms with E-state index in [1.165, 1.54) is 0 Å². The summed E-state index contributed by atoms with van der Waals surface area (Å²) in [6, 6.07) is 0.